The topological polar surface area (TPSA) is 73.6 Å². The zero-order valence-corrected chi connectivity index (χ0v) is 10.7. The zero-order valence-electron chi connectivity index (χ0n) is 10.7. The maximum absolute atomic E-state index is 11.8. The van der Waals surface area contributed by atoms with Gasteiger partial charge in [-0.2, -0.15) is 13.2 Å². The minimum absolute atomic E-state index is 0.111. The fourth-order valence-corrected chi connectivity index (χ4v) is 1.84. The van der Waals surface area contributed by atoms with Crippen LogP contribution in [-0.4, -0.2) is 50.1 Å². The van der Waals surface area contributed by atoms with Crippen molar-refractivity contribution >= 4 is 5.91 Å². The van der Waals surface area contributed by atoms with Crippen molar-refractivity contribution in [3.8, 4) is 0 Å². The first-order valence-corrected chi connectivity index (χ1v) is 6.14. The summed E-state index contributed by atoms with van der Waals surface area (Å²) in [5, 5.41) is 2.65. The molecule has 3 N–H and O–H groups in total. The zero-order chi connectivity index (χ0) is 14.5. The lowest BCUT2D eigenvalue weighted by molar-refractivity contribution is -0.174. The summed E-state index contributed by atoms with van der Waals surface area (Å²) in [5.41, 5.74) is 5.73. The molecule has 0 aromatic heterocycles. The average molecular weight is 284 g/mol. The molecular weight excluding hydrogens is 265 g/mol. The molecule has 19 heavy (non-hydrogen) atoms. The highest BCUT2D eigenvalue weighted by molar-refractivity contribution is 5.76. The molecule has 1 aliphatic rings. The van der Waals surface area contributed by atoms with Gasteiger partial charge in [0, 0.05) is 19.1 Å². The summed E-state index contributed by atoms with van der Waals surface area (Å²) in [6.07, 6.45) is -3.94. The lowest BCUT2D eigenvalue weighted by Crippen LogP contribution is -2.64. The first kappa shape index (κ1) is 16.2. The van der Waals surface area contributed by atoms with E-state index in [1.54, 1.807) is 0 Å². The van der Waals surface area contributed by atoms with E-state index < -0.39 is 12.8 Å². The summed E-state index contributed by atoms with van der Waals surface area (Å²) in [5.74, 6) is -0.382. The van der Waals surface area contributed by atoms with Crippen molar-refractivity contribution in [3.63, 3.8) is 0 Å². The van der Waals surface area contributed by atoms with Crippen molar-refractivity contribution in [2.75, 3.05) is 19.8 Å². The molecule has 112 valence electrons. The van der Waals surface area contributed by atoms with Crippen molar-refractivity contribution in [1.29, 1.82) is 0 Å². The number of amides is 1. The number of rotatable bonds is 7. The van der Waals surface area contributed by atoms with Gasteiger partial charge in [-0.3, -0.25) is 4.79 Å². The van der Waals surface area contributed by atoms with E-state index in [1.165, 1.54) is 0 Å². The largest absolute Gasteiger partial charge is 0.411 e. The second-order valence-corrected chi connectivity index (χ2v) is 4.40. The molecular formula is C11H19F3N2O3. The van der Waals surface area contributed by atoms with Crippen LogP contribution in [0.1, 0.15) is 19.8 Å². The molecule has 8 heteroatoms. The Kier molecular flexibility index (Phi) is 6.02. The Morgan fingerprint density at radius 1 is 1.47 bits per heavy atom. The van der Waals surface area contributed by atoms with Crippen molar-refractivity contribution in [2.24, 2.45) is 5.73 Å². The summed E-state index contributed by atoms with van der Waals surface area (Å²) in [4.78, 5) is 11.5. The van der Waals surface area contributed by atoms with Crippen LogP contribution < -0.4 is 11.1 Å². The Morgan fingerprint density at radius 3 is 2.68 bits per heavy atom. The van der Waals surface area contributed by atoms with E-state index in [-0.39, 0.29) is 37.1 Å². The first-order valence-electron chi connectivity index (χ1n) is 6.14. The van der Waals surface area contributed by atoms with Crippen LogP contribution in [0.5, 0.6) is 0 Å². The highest BCUT2D eigenvalue weighted by atomic mass is 19.4. The summed E-state index contributed by atoms with van der Waals surface area (Å²) < 4.78 is 45.1. The Labute approximate surface area is 109 Å². The standard InChI is InChI=1S/C11H19F3N2O3/c1-2-19-8-5-7(15)10(8)16-9(17)3-4-18-6-11(12,13)14/h7-8,10H,2-6,15H2,1H3,(H,16,17). The number of alkyl halides is 3. The van der Waals surface area contributed by atoms with E-state index >= 15 is 0 Å². The maximum atomic E-state index is 11.8. The van der Waals surface area contributed by atoms with Crippen molar-refractivity contribution in [2.45, 2.75) is 44.1 Å². The van der Waals surface area contributed by atoms with Crippen molar-refractivity contribution in [3.05, 3.63) is 0 Å². The number of nitrogens with two attached hydrogens (primary N) is 1. The smallest absolute Gasteiger partial charge is 0.376 e. The minimum atomic E-state index is -4.37. The molecule has 0 spiro atoms. The van der Waals surface area contributed by atoms with E-state index in [9.17, 15) is 18.0 Å². The van der Waals surface area contributed by atoms with Crippen molar-refractivity contribution in [1.82, 2.24) is 5.32 Å². The number of hydrogen-bond donors (Lipinski definition) is 2. The van der Waals surface area contributed by atoms with Crippen molar-refractivity contribution < 1.29 is 27.4 Å². The van der Waals surface area contributed by atoms with E-state index in [2.05, 4.69) is 10.1 Å². The van der Waals surface area contributed by atoms with E-state index in [4.69, 9.17) is 10.5 Å². The van der Waals surface area contributed by atoms with Crippen LogP contribution in [0.15, 0.2) is 0 Å². The van der Waals surface area contributed by atoms with Crippen LogP contribution in [0.4, 0.5) is 13.2 Å². The fourth-order valence-electron chi connectivity index (χ4n) is 1.84. The molecule has 0 saturated heterocycles. The molecule has 0 heterocycles. The minimum Gasteiger partial charge on any atom is -0.376 e. The Bertz CT molecular complexity index is 297. The Hall–Kier alpha value is -0.860. The average Bonchev–Trinajstić information content (AvgIpc) is 2.30. The summed E-state index contributed by atoms with van der Waals surface area (Å²) in [7, 11) is 0. The van der Waals surface area contributed by atoms with Gasteiger partial charge in [-0.1, -0.05) is 0 Å². The highest BCUT2D eigenvalue weighted by Gasteiger charge is 2.40. The van der Waals surface area contributed by atoms with Gasteiger partial charge in [-0.05, 0) is 13.3 Å². The molecule has 0 aromatic carbocycles. The predicted octanol–water partition coefficient (Wildman–Crippen LogP) is 0.576. The third-order valence-electron chi connectivity index (χ3n) is 2.81. The molecule has 1 amide bonds. The van der Waals surface area contributed by atoms with E-state index in [0.29, 0.717) is 13.0 Å². The second-order valence-electron chi connectivity index (χ2n) is 4.40. The van der Waals surface area contributed by atoms with Gasteiger partial charge >= 0.3 is 6.18 Å². The van der Waals surface area contributed by atoms with Gasteiger partial charge in [0.25, 0.3) is 0 Å². The van der Waals surface area contributed by atoms with Gasteiger partial charge in [0.1, 0.15) is 6.61 Å². The van der Waals surface area contributed by atoms with Crippen LogP contribution in [0, 0.1) is 0 Å². The fraction of sp³-hybridized carbons (Fsp3) is 0.909. The highest BCUT2D eigenvalue weighted by Crippen LogP contribution is 2.22. The van der Waals surface area contributed by atoms with Crippen LogP contribution in [0.3, 0.4) is 0 Å². The van der Waals surface area contributed by atoms with Gasteiger partial charge in [0.05, 0.1) is 18.8 Å². The molecule has 1 fully saturated rings. The normalized spacial score (nSPS) is 26.9. The number of halogens is 3. The first-order chi connectivity index (χ1) is 8.83. The van der Waals surface area contributed by atoms with Crippen LogP contribution in [0.25, 0.3) is 0 Å². The quantitative estimate of drug-likeness (QED) is 0.671. The molecule has 0 aliphatic heterocycles. The molecule has 1 rings (SSSR count). The maximum Gasteiger partial charge on any atom is 0.411 e. The monoisotopic (exact) mass is 284 g/mol. The third-order valence-corrected chi connectivity index (χ3v) is 2.81. The van der Waals surface area contributed by atoms with Gasteiger partial charge in [0.15, 0.2) is 0 Å². The van der Waals surface area contributed by atoms with Gasteiger partial charge < -0.3 is 20.5 Å². The molecule has 0 aromatic rings. The number of carbonyl (C=O) groups excluding carboxylic acids is 1. The second kappa shape index (κ2) is 7.06. The van der Waals surface area contributed by atoms with Crippen LogP contribution in [0.2, 0.25) is 0 Å². The third kappa shape index (κ3) is 5.75. The predicted molar refractivity (Wildman–Crippen MR) is 61.4 cm³/mol. The van der Waals surface area contributed by atoms with Crippen LogP contribution in [-0.2, 0) is 14.3 Å². The molecule has 0 radical (unpaired) electrons. The molecule has 1 saturated carbocycles. The SMILES string of the molecule is CCOC1CC(N)C1NC(=O)CCOCC(F)(F)F. The van der Waals surface area contributed by atoms with E-state index in [1.807, 2.05) is 6.92 Å². The van der Waals surface area contributed by atoms with E-state index in [0.717, 1.165) is 0 Å². The molecule has 3 unspecified atom stereocenters. The Balaban J connectivity index is 2.17. The number of hydrogen-bond acceptors (Lipinski definition) is 4. The summed E-state index contributed by atoms with van der Waals surface area (Å²) in [6, 6.07) is -0.438. The molecule has 0 bridgehead atoms. The van der Waals surface area contributed by atoms with Gasteiger partial charge in [0.2, 0.25) is 5.91 Å². The number of carbonyl (C=O) groups is 1. The van der Waals surface area contributed by atoms with Gasteiger partial charge in [-0.15, -0.1) is 0 Å². The number of nitrogens with one attached hydrogen (secondary N) is 1. The Morgan fingerprint density at radius 2 is 2.16 bits per heavy atom. The lowest BCUT2D eigenvalue weighted by atomic mass is 9.83. The number of ether oxygens (including phenoxy) is 2. The lowest BCUT2D eigenvalue weighted by Gasteiger charge is -2.42. The molecule has 1 aliphatic carbocycles. The van der Waals surface area contributed by atoms with Crippen LogP contribution >= 0.6 is 0 Å². The van der Waals surface area contributed by atoms with Gasteiger partial charge in [-0.25, -0.2) is 0 Å². The summed E-state index contributed by atoms with van der Waals surface area (Å²) >= 11 is 0. The molecule has 3 atom stereocenters. The summed E-state index contributed by atoms with van der Waals surface area (Å²) in [6.45, 7) is 0.754. The molecule has 5 nitrogen and oxygen atoms in total.